The van der Waals surface area contributed by atoms with Crippen LogP contribution in [0.2, 0.25) is 0 Å². The lowest BCUT2D eigenvalue weighted by Gasteiger charge is -2.36. The molecule has 0 bridgehead atoms. The second-order valence-corrected chi connectivity index (χ2v) is 13.1. The number of hydrogen-bond donors (Lipinski definition) is 8. The molecular formula is C19H37N5O13P2. The topological polar surface area (TPSA) is 269 Å². The van der Waals surface area contributed by atoms with Crippen LogP contribution in [0, 0.1) is 0 Å². The lowest BCUT2D eigenvalue weighted by Crippen LogP contribution is -2.53. The van der Waals surface area contributed by atoms with Crippen molar-refractivity contribution >= 4 is 39.0 Å². The summed E-state index contributed by atoms with van der Waals surface area (Å²) in [5.41, 5.74) is 0. The highest BCUT2D eigenvalue weighted by molar-refractivity contribution is 7.72. The van der Waals surface area contributed by atoms with E-state index in [-0.39, 0.29) is 58.9 Å². The van der Waals surface area contributed by atoms with Gasteiger partial charge in [-0.2, -0.15) is 0 Å². The van der Waals surface area contributed by atoms with Gasteiger partial charge in [0.05, 0.1) is 26.2 Å². The summed E-state index contributed by atoms with van der Waals surface area (Å²) in [4.78, 5) is 91.4. The predicted octanol–water partition coefficient (Wildman–Crippen LogP) is -3.00. The Hall–Kier alpha value is -1.98. The van der Waals surface area contributed by atoms with Crippen molar-refractivity contribution < 1.29 is 63.2 Å². The van der Waals surface area contributed by atoms with Gasteiger partial charge in [-0.25, -0.2) is 0 Å². The smallest absolute Gasteiger partial charge is 0.363 e. The number of rotatable bonds is 12. The van der Waals surface area contributed by atoms with Crippen molar-refractivity contribution in [3.8, 4) is 0 Å². The molecule has 8 N–H and O–H groups in total. The number of nitrogens with one attached hydrogen (secondary N) is 1. The third kappa shape index (κ3) is 11.6. The summed E-state index contributed by atoms with van der Waals surface area (Å²) in [7, 11) is -11.1. The van der Waals surface area contributed by atoms with Crippen molar-refractivity contribution in [2.75, 3.05) is 78.5 Å². The number of carboxylic acid groups (broad SMARTS) is 3. The van der Waals surface area contributed by atoms with Gasteiger partial charge in [-0.3, -0.25) is 47.9 Å². The SMILES string of the molecule is CCC(NC(=O)CN1CCN(CC(=O)O)CCN(CC(=O)O)CCN(CC(=O)O)CC1)(P(=O)(O)O)P(=O)(O)O. The second kappa shape index (κ2) is 15.1. The summed E-state index contributed by atoms with van der Waals surface area (Å²) in [6.07, 6.45) is -0.779. The fourth-order valence-electron chi connectivity index (χ4n) is 4.07. The van der Waals surface area contributed by atoms with Crippen LogP contribution in [0.1, 0.15) is 13.3 Å². The molecule has 0 aliphatic carbocycles. The minimum Gasteiger partial charge on any atom is -0.480 e. The molecule has 20 heteroatoms. The van der Waals surface area contributed by atoms with Gasteiger partial charge in [0.15, 0.2) is 0 Å². The zero-order valence-electron chi connectivity index (χ0n) is 21.5. The monoisotopic (exact) mass is 605 g/mol. The molecule has 0 spiro atoms. The molecule has 39 heavy (non-hydrogen) atoms. The average molecular weight is 605 g/mol. The normalized spacial score (nSPS) is 18.6. The van der Waals surface area contributed by atoms with Crippen LogP contribution >= 0.6 is 15.2 Å². The van der Waals surface area contributed by atoms with Gasteiger partial charge < -0.3 is 40.2 Å². The minimum absolute atomic E-state index is 0.0193. The van der Waals surface area contributed by atoms with Gasteiger partial charge in [-0.15, -0.1) is 0 Å². The number of nitrogens with zero attached hydrogens (tertiary/aromatic N) is 4. The molecule has 1 aliphatic rings. The minimum atomic E-state index is -5.55. The summed E-state index contributed by atoms with van der Waals surface area (Å²) < 4.78 is 24.0. The lowest BCUT2D eigenvalue weighted by atomic mass is 10.3. The van der Waals surface area contributed by atoms with Crippen molar-refractivity contribution in [1.29, 1.82) is 0 Å². The van der Waals surface area contributed by atoms with Crippen LogP contribution in [-0.4, -0.2) is 162 Å². The van der Waals surface area contributed by atoms with E-state index >= 15 is 0 Å². The summed E-state index contributed by atoms with van der Waals surface area (Å²) >= 11 is 0. The van der Waals surface area contributed by atoms with E-state index < -0.39 is 70.1 Å². The average Bonchev–Trinajstić information content (AvgIpc) is 2.76. The van der Waals surface area contributed by atoms with Gasteiger partial charge in [-0.05, 0) is 6.42 Å². The highest BCUT2D eigenvalue weighted by Gasteiger charge is 2.60. The van der Waals surface area contributed by atoms with E-state index in [2.05, 4.69) is 0 Å². The molecule has 1 heterocycles. The maximum Gasteiger partial charge on any atom is 0.363 e. The van der Waals surface area contributed by atoms with Crippen LogP contribution in [0.3, 0.4) is 0 Å². The Kier molecular flexibility index (Phi) is 13.6. The number of amides is 1. The molecule has 1 fully saturated rings. The first-order valence-corrected chi connectivity index (χ1v) is 15.1. The third-order valence-electron chi connectivity index (χ3n) is 6.17. The third-order valence-corrected chi connectivity index (χ3v) is 10.5. The fourth-order valence-corrected chi connectivity index (χ4v) is 6.79. The highest BCUT2D eigenvalue weighted by atomic mass is 31.2. The van der Waals surface area contributed by atoms with E-state index in [1.165, 1.54) is 14.7 Å². The lowest BCUT2D eigenvalue weighted by molar-refractivity contribution is -0.140. The maximum atomic E-state index is 12.8. The molecular weight excluding hydrogens is 568 g/mol. The number of hydrogen-bond acceptors (Lipinski definition) is 10. The van der Waals surface area contributed by atoms with Crippen LogP contribution in [0.4, 0.5) is 0 Å². The molecule has 1 amide bonds. The van der Waals surface area contributed by atoms with E-state index in [4.69, 9.17) is 0 Å². The number of carbonyl (C=O) groups is 4. The molecule has 1 aliphatic heterocycles. The van der Waals surface area contributed by atoms with Crippen molar-refractivity contribution in [2.45, 2.75) is 18.4 Å². The first-order chi connectivity index (χ1) is 17.9. The van der Waals surface area contributed by atoms with Crippen LogP contribution in [0.25, 0.3) is 0 Å². The van der Waals surface area contributed by atoms with Crippen LogP contribution in [0.15, 0.2) is 0 Å². The molecule has 0 radical (unpaired) electrons. The second-order valence-electron chi connectivity index (χ2n) is 9.09. The van der Waals surface area contributed by atoms with E-state index in [1.54, 1.807) is 4.90 Å². The largest absolute Gasteiger partial charge is 0.480 e. The standard InChI is InChI=1S/C19H37N5O13P2/c1-2-19(38(32,33)34,39(35,36)37)20-15(25)11-21-3-5-22(12-16(26)27)7-9-24(14-18(30)31)10-8-23(6-4-21)13-17(28)29/h2-14H2,1H3,(H,20,25)(H,26,27)(H,28,29)(H,30,31)(H2,32,33,34)(H2,35,36,37). The van der Waals surface area contributed by atoms with Gasteiger partial charge in [-0.1, -0.05) is 6.92 Å². The van der Waals surface area contributed by atoms with E-state index in [0.717, 1.165) is 6.92 Å². The first kappa shape index (κ1) is 35.0. The summed E-state index contributed by atoms with van der Waals surface area (Å²) in [6.45, 7) is 0.110. The predicted molar refractivity (Wildman–Crippen MR) is 134 cm³/mol. The van der Waals surface area contributed by atoms with Crippen LogP contribution in [0.5, 0.6) is 0 Å². The molecule has 0 aromatic rings. The van der Waals surface area contributed by atoms with E-state index in [1.807, 2.05) is 5.32 Å². The van der Waals surface area contributed by atoms with Crippen molar-refractivity contribution in [2.24, 2.45) is 0 Å². The number of carbonyl (C=O) groups excluding carboxylic acids is 1. The van der Waals surface area contributed by atoms with Crippen molar-refractivity contribution in [3.05, 3.63) is 0 Å². The molecule has 1 saturated heterocycles. The Labute approximate surface area is 224 Å². The molecule has 0 atom stereocenters. The number of carboxylic acids is 3. The maximum absolute atomic E-state index is 12.8. The highest BCUT2D eigenvalue weighted by Crippen LogP contribution is 2.68. The first-order valence-electron chi connectivity index (χ1n) is 11.9. The summed E-state index contributed by atoms with van der Waals surface area (Å²) in [5.74, 6) is -4.53. The number of aliphatic carboxylic acids is 3. The van der Waals surface area contributed by atoms with Gasteiger partial charge in [0, 0.05) is 52.4 Å². The van der Waals surface area contributed by atoms with Gasteiger partial charge >= 0.3 is 33.1 Å². The zero-order valence-corrected chi connectivity index (χ0v) is 23.2. The molecule has 0 aromatic heterocycles. The molecule has 226 valence electrons. The van der Waals surface area contributed by atoms with E-state index in [0.29, 0.717) is 0 Å². The summed E-state index contributed by atoms with van der Waals surface area (Å²) in [5, 5.41) is 26.4. The van der Waals surface area contributed by atoms with Crippen LogP contribution < -0.4 is 5.32 Å². The Morgan fingerprint density at radius 2 is 0.872 bits per heavy atom. The Bertz CT molecular complexity index is 917. The molecule has 0 saturated carbocycles. The zero-order chi connectivity index (χ0) is 30.0. The fraction of sp³-hybridized carbons (Fsp3) is 0.789. The quantitative estimate of drug-likeness (QED) is 0.103. The van der Waals surface area contributed by atoms with Crippen molar-refractivity contribution in [3.63, 3.8) is 0 Å². The van der Waals surface area contributed by atoms with Crippen molar-refractivity contribution in [1.82, 2.24) is 24.9 Å². The van der Waals surface area contributed by atoms with Gasteiger partial charge in [0.25, 0.3) is 0 Å². The van der Waals surface area contributed by atoms with Crippen LogP contribution in [-0.2, 0) is 28.3 Å². The van der Waals surface area contributed by atoms with Gasteiger partial charge in [0.1, 0.15) is 0 Å². The Morgan fingerprint density at radius 1 is 0.615 bits per heavy atom. The molecule has 0 aromatic carbocycles. The molecule has 1 rings (SSSR count). The summed E-state index contributed by atoms with van der Waals surface area (Å²) in [6, 6.07) is 0. The Balaban J connectivity index is 3.19. The molecule has 18 nitrogen and oxygen atoms in total. The molecule has 0 unspecified atom stereocenters. The van der Waals surface area contributed by atoms with Gasteiger partial charge in [0.2, 0.25) is 10.9 Å². The Morgan fingerprint density at radius 3 is 1.08 bits per heavy atom. The van der Waals surface area contributed by atoms with E-state index in [9.17, 15) is 63.2 Å².